The van der Waals surface area contributed by atoms with Gasteiger partial charge in [-0.25, -0.2) is 0 Å². The van der Waals surface area contributed by atoms with Gasteiger partial charge in [-0.2, -0.15) is 0 Å². The first-order valence-corrected chi connectivity index (χ1v) is 4.79. The van der Waals surface area contributed by atoms with Crippen LogP contribution in [0.5, 0.6) is 11.5 Å². The second kappa shape index (κ2) is 4.53. The van der Waals surface area contributed by atoms with Crippen LogP contribution in [-0.2, 0) is 0 Å². The van der Waals surface area contributed by atoms with Crippen LogP contribution in [0.2, 0.25) is 0 Å². The number of ether oxygens (including phenoxy) is 1. The van der Waals surface area contributed by atoms with Gasteiger partial charge in [-0.3, -0.25) is 14.8 Å². The minimum atomic E-state index is 0.485. The lowest BCUT2D eigenvalue weighted by Gasteiger charge is -2.06. The summed E-state index contributed by atoms with van der Waals surface area (Å²) in [7, 11) is 0. The van der Waals surface area contributed by atoms with Crippen molar-refractivity contribution in [2.45, 2.75) is 6.92 Å². The standard InChI is InChI=1S/C12H10N2O2/c1-9-12(3-2-4-14-9)16-11-5-10(8-15)6-13-7-11/h2-8H,1H3. The van der Waals surface area contributed by atoms with Gasteiger partial charge in [0.05, 0.1) is 11.9 Å². The van der Waals surface area contributed by atoms with Crippen LogP contribution in [0.3, 0.4) is 0 Å². The first kappa shape index (κ1) is 10.3. The van der Waals surface area contributed by atoms with Crippen LogP contribution in [0.4, 0.5) is 0 Å². The van der Waals surface area contributed by atoms with Gasteiger partial charge in [-0.1, -0.05) is 0 Å². The lowest BCUT2D eigenvalue weighted by Crippen LogP contribution is -1.91. The number of aryl methyl sites for hydroxylation is 1. The molecule has 0 unspecified atom stereocenters. The van der Waals surface area contributed by atoms with Crippen molar-refractivity contribution >= 4 is 6.29 Å². The quantitative estimate of drug-likeness (QED) is 0.736. The van der Waals surface area contributed by atoms with E-state index in [2.05, 4.69) is 9.97 Å². The van der Waals surface area contributed by atoms with Crippen molar-refractivity contribution in [3.63, 3.8) is 0 Å². The molecule has 16 heavy (non-hydrogen) atoms. The maximum Gasteiger partial charge on any atom is 0.151 e. The number of hydrogen-bond donors (Lipinski definition) is 0. The van der Waals surface area contributed by atoms with Crippen molar-refractivity contribution in [3.8, 4) is 11.5 Å². The molecule has 80 valence electrons. The first-order valence-electron chi connectivity index (χ1n) is 4.79. The van der Waals surface area contributed by atoms with Crippen LogP contribution in [0.1, 0.15) is 16.1 Å². The van der Waals surface area contributed by atoms with Crippen molar-refractivity contribution in [2.75, 3.05) is 0 Å². The summed E-state index contributed by atoms with van der Waals surface area (Å²) in [6.07, 6.45) is 5.47. The van der Waals surface area contributed by atoms with Gasteiger partial charge in [0.2, 0.25) is 0 Å². The summed E-state index contributed by atoms with van der Waals surface area (Å²) in [6.45, 7) is 1.85. The Morgan fingerprint density at radius 3 is 3.00 bits per heavy atom. The maximum absolute atomic E-state index is 10.6. The second-order valence-electron chi connectivity index (χ2n) is 3.26. The second-order valence-corrected chi connectivity index (χ2v) is 3.26. The van der Waals surface area contributed by atoms with Crippen LogP contribution in [0, 0.1) is 6.92 Å². The van der Waals surface area contributed by atoms with E-state index in [1.807, 2.05) is 13.0 Å². The summed E-state index contributed by atoms with van der Waals surface area (Å²) in [5.41, 5.74) is 1.28. The smallest absolute Gasteiger partial charge is 0.151 e. The van der Waals surface area contributed by atoms with Crippen LogP contribution in [0.25, 0.3) is 0 Å². The van der Waals surface area contributed by atoms with Crippen molar-refractivity contribution in [2.24, 2.45) is 0 Å². The largest absolute Gasteiger partial charge is 0.454 e. The Morgan fingerprint density at radius 2 is 2.25 bits per heavy atom. The Labute approximate surface area is 92.9 Å². The maximum atomic E-state index is 10.6. The van der Waals surface area contributed by atoms with E-state index in [1.54, 1.807) is 24.5 Å². The monoisotopic (exact) mass is 214 g/mol. The number of aromatic nitrogens is 2. The van der Waals surface area contributed by atoms with E-state index in [0.29, 0.717) is 17.1 Å². The van der Waals surface area contributed by atoms with Gasteiger partial charge in [0.25, 0.3) is 0 Å². The zero-order chi connectivity index (χ0) is 11.4. The van der Waals surface area contributed by atoms with Gasteiger partial charge in [0, 0.05) is 18.0 Å². The fraction of sp³-hybridized carbons (Fsp3) is 0.0833. The molecule has 2 aromatic heterocycles. The minimum absolute atomic E-state index is 0.485. The van der Waals surface area contributed by atoms with E-state index in [0.717, 1.165) is 12.0 Å². The number of nitrogens with zero attached hydrogens (tertiary/aromatic N) is 2. The van der Waals surface area contributed by atoms with Crippen molar-refractivity contribution in [1.29, 1.82) is 0 Å². The Balaban J connectivity index is 2.27. The predicted molar refractivity (Wildman–Crippen MR) is 58.7 cm³/mol. The lowest BCUT2D eigenvalue weighted by atomic mass is 10.3. The van der Waals surface area contributed by atoms with Gasteiger partial charge >= 0.3 is 0 Å². The van der Waals surface area contributed by atoms with E-state index in [4.69, 9.17) is 4.74 Å². The third kappa shape index (κ3) is 2.23. The SMILES string of the molecule is Cc1ncccc1Oc1cncc(C=O)c1. The summed E-state index contributed by atoms with van der Waals surface area (Å²) in [6, 6.07) is 5.24. The Morgan fingerprint density at radius 1 is 1.38 bits per heavy atom. The lowest BCUT2D eigenvalue weighted by molar-refractivity contribution is 0.112. The molecule has 0 bridgehead atoms. The third-order valence-electron chi connectivity index (χ3n) is 2.06. The summed E-state index contributed by atoms with van der Waals surface area (Å²) in [5.74, 6) is 1.19. The molecule has 0 aliphatic carbocycles. The van der Waals surface area contributed by atoms with E-state index in [-0.39, 0.29) is 0 Å². The summed E-state index contributed by atoms with van der Waals surface area (Å²) < 4.78 is 5.57. The molecule has 0 aliphatic rings. The average molecular weight is 214 g/mol. The summed E-state index contributed by atoms with van der Waals surface area (Å²) in [5, 5.41) is 0. The fourth-order valence-corrected chi connectivity index (χ4v) is 1.26. The molecule has 4 nitrogen and oxygen atoms in total. The fourth-order valence-electron chi connectivity index (χ4n) is 1.26. The average Bonchev–Trinajstić information content (AvgIpc) is 2.32. The Hall–Kier alpha value is -2.23. The van der Waals surface area contributed by atoms with Crippen LogP contribution >= 0.6 is 0 Å². The van der Waals surface area contributed by atoms with Crippen LogP contribution in [0.15, 0.2) is 36.8 Å². The van der Waals surface area contributed by atoms with E-state index < -0.39 is 0 Å². The number of pyridine rings is 2. The van der Waals surface area contributed by atoms with E-state index >= 15 is 0 Å². The number of aldehydes is 1. The van der Waals surface area contributed by atoms with Crippen molar-refractivity contribution < 1.29 is 9.53 Å². The van der Waals surface area contributed by atoms with Gasteiger partial charge in [0.15, 0.2) is 6.29 Å². The van der Waals surface area contributed by atoms with Crippen LogP contribution < -0.4 is 4.74 Å². The van der Waals surface area contributed by atoms with Gasteiger partial charge < -0.3 is 4.74 Å². The molecule has 4 heteroatoms. The Kier molecular flexibility index (Phi) is 2.91. The van der Waals surface area contributed by atoms with Crippen molar-refractivity contribution in [1.82, 2.24) is 9.97 Å². The summed E-state index contributed by atoms with van der Waals surface area (Å²) in [4.78, 5) is 18.6. The zero-order valence-corrected chi connectivity index (χ0v) is 8.75. The van der Waals surface area contributed by atoms with Crippen LogP contribution in [-0.4, -0.2) is 16.3 Å². The topological polar surface area (TPSA) is 52.1 Å². The first-order chi connectivity index (χ1) is 7.79. The number of rotatable bonds is 3. The molecule has 2 rings (SSSR count). The number of carbonyl (C=O) groups excluding carboxylic acids is 1. The molecule has 0 spiro atoms. The molecule has 2 aromatic rings. The van der Waals surface area contributed by atoms with E-state index in [1.165, 1.54) is 6.20 Å². The summed E-state index contributed by atoms with van der Waals surface area (Å²) >= 11 is 0. The molecule has 0 aromatic carbocycles. The molecule has 0 atom stereocenters. The molecule has 0 aliphatic heterocycles. The highest BCUT2D eigenvalue weighted by Gasteiger charge is 2.02. The molecule has 2 heterocycles. The molecule has 0 radical (unpaired) electrons. The van der Waals surface area contributed by atoms with Gasteiger partial charge in [-0.15, -0.1) is 0 Å². The van der Waals surface area contributed by atoms with Gasteiger partial charge in [0.1, 0.15) is 11.5 Å². The third-order valence-corrected chi connectivity index (χ3v) is 2.06. The molecule has 0 saturated carbocycles. The number of hydrogen-bond acceptors (Lipinski definition) is 4. The predicted octanol–water partition coefficient (Wildman–Crippen LogP) is 2.39. The highest BCUT2D eigenvalue weighted by Crippen LogP contribution is 2.22. The minimum Gasteiger partial charge on any atom is -0.454 e. The normalized spacial score (nSPS) is 9.81. The highest BCUT2D eigenvalue weighted by molar-refractivity contribution is 5.74. The molecule has 0 fully saturated rings. The zero-order valence-electron chi connectivity index (χ0n) is 8.75. The molecule has 0 N–H and O–H groups in total. The number of carbonyl (C=O) groups is 1. The molecule has 0 amide bonds. The van der Waals surface area contributed by atoms with Crippen molar-refractivity contribution in [3.05, 3.63) is 48.0 Å². The Bertz CT molecular complexity index is 512. The van der Waals surface area contributed by atoms with E-state index in [9.17, 15) is 4.79 Å². The molecular weight excluding hydrogens is 204 g/mol. The highest BCUT2D eigenvalue weighted by atomic mass is 16.5. The molecule has 0 saturated heterocycles. The molecular formula is C12H10N2O2. The van der Waals surface area contributed by atoms with Gasteiger partial charge in [-0.05, 0) is 25.1 Å².